The maximum absolute atomic E-state index is 13.3. The molecule has 1 heterocycles. The molecule has 0 radical (unpaired) electrons. The van der Waals surface area contributed by atoms with Crippen molar-refractivity contribution in [3.63, 3.8) is 0 Å². The maximum atomic E-state index is 13.3. The van der Waals surface area contributed by atoms with Crippen LogP contribution in [0.15, 0.2) is 72.3 Å². The van der Waals surface area contributed by atoms with Gasteiger partial charge in [-0.25, -0.2) is 0 Å². The van der Waals surface area contributed by atoms with E-state index in [1.54, 1.807) is 60.7 Å². The average Bonchev–Trinajstić information content (AvgIpc) is 3.09. The van der Waals surface area contributed by atoms with Crippen LogP contribution in [0.4, 0.5) is 5.69 Å². The van der Waals surface area contributed by atoms with Crippen molar-refractivity contribution in [2.45, 2.75) is 13.0 Å². The number of rotatable bonds is 6. The molecule has 1 unspecified atom stereocenters. The number of Topliss-reactive ketones (excluding diaryl/α,β-unsaturated/α-hetero) is 1. The summed E-state index contributed by atoms with van der Waals surface area (Å²) in [6.07, 6.45) is 0. The number of benzene rings is 3. The molecule has 8 heteroatoms. The summed E-state index contributed by atoms with van der Waals surface area (Å²) in [5, 5.41) is 12.1. The van der Waals surface area contributed by atoms with Gasteiger partial charge < -0.3 is 14.6 Å². The molecule has 1 saturated heterocycles. The Labute approximate surface area is 206 Å². The van der Waals surface area contributed by atoms with Crippen LogP contribution < -0.4 is 14.4 Å². The number of ketones is 1. The van der Waals surface area contributed by atoms with Crippen LogP contribution in [0.25, 0.3) is 5.76 Å². The van der Waals surface area contributed by atoms with Gasteiger partial charge in [-0.2, -0.15) is 0 Å². The van der Waals surface area contributed by atoms with Crippen molar-refractivity contribution in [2.75, 3.05) is 18.6 Å². The van der Waals surface area contributed by atoms with Crippen molar-refractivity contribution in [3.05, 3.63) is 93.5 Å². The van der Waals surface area contributed by atoms with Gasteiger partial charge in [0.2, 0.25) is 0 Å². The zero-order valence-electron chi connectivity index (χ0n) is 18.4. The number of hydrogen-bond donors (Lipinski definition) is 1. The lowest BCUT2D eigenvalue weighted by Gasteiger charge is -2.26. The molecule has 1 aliphatic heterocycles. The second-order valence-corrected chi connectivity index (χ2v) is 8.37. The molecule has 0 aliphatic carbocycles. The summed E-state index contributed by atoms with van der Waals surface area (Å²) in [6.45, 7) is 2.37. The fraction of sp³-hybridized carbons (Fsp3) is 0.154. The first-order chi connectivity index (χ1) is 16.3. The second-order valence-electron chi connectivity index (χ2n) is 7.50. The predicted molar refractivity (Wildman–Crippen MR) is 132 cm³/mol. The minimum absolute atomic E-state index is 0.0882. The number of anilines is 1. The SMILES string of the molecule is CCOc1ccc(C2/C(=C(\O)c3cc(Cl)ccc3OC)C(=O)C(=O)N2c2cccc(Cl)c2)cc1. The number of nitrogens with zero attached hydrogens (tertiary/aromatic N) is 1. The second kappa shape index (κ2) is 9.79. The Hall–Kier alpha value is -3.48. The van der Waals surface area contributed by atoms with Crippen molar-refractivity contribution in [2.24, 2.45) is 0 Å². The van der Waals surface area contributed by atoms with Gasteiger partial charge in [-0.1, -0.05) is 41.4 Å². The van der Waals surface area contributed by atoms with Crippen molar-refractivity contribution in [3.8, 4) is 11.5 Å². The van der Waals surface area contributed by atoms with E-state index in [1.165, 1.54) is 18.1 Å². The number of amides is 1. The topological polar surface area (TPSA) is 76.1 Å². The van der Waals surface area contributed by atoms with Crippen molar-refractivity contribution in [1.29, 1.82) is 0 Å². The van der Waals surface area contributed by atoms with E-state index in [1.807, 2.05) is 6.92 Å². The fourth-order valence-electron chi connectivity index (χ4n) is 3.96. The summed E-state index contributed by atoms with van der Waals surface area (Å²) in [4.78, 5) is 27.9. The summed E-state index contributed by atoms with van der Waals surface area (Å²) in [6, 6.07) is 17.4. The zero-order chi connectivity index (χ0) is 24.4. The van der Waals surface area contributed by atoms with E-state index in [-0.39, 0.29) is 16.9 Å². The zero-order valence-corrected chi connectivity index (χ0v) is 19.9. The summed E-state index contributed by atoms with van der Waals surface area (Å²) >= 11 is 12.3. The van der Waals surface area contributed by atoms with E-state index < -0.39 is 17.7 Å². The third-order valence-electron chi connectivity index (χ3n) is 5.45. The number of methoxy groups -OCH3 is 1. The van der Waals surface area contributed by atoms with E-state index in [4.69, 9.17) is 32.7 Å². The van der Waals surface area contributed by atoms with Crippen LogP contribution in [0.2, 0.25) is 10.0 Å². The van der Waals surface area contributed by atoms with Crippen molar-refractivity contribution < 1.29 is 24.2 Å². The molecular weight excluding hydrogens is 477 g/mol. The smallest absolute Gasteiger partial charge is 0.300 e. The molecule has 1 N–H and O–H groups in total. The first-order valence-electron chi connectivity index (χ1n) is 10.5. The van der Waals surface area contributed by atoms with Crippen LogP contribution in [0.1, 0.15) is 24.1 Å². The maximum Gasteiger partial charge on any atom is 0.300 e. The first kappa shape index (κ1) is 23.7. The number of ether oxygens (including phenoxy) is 2. The quantitative estimate of drug-likeness (QED) is 0.255. The Balaban J connectivity index is 1.95. The number of aliphatic hydroxyl groups is 1. The predicted octanol–water partition coefficient (Wildman–Crippen LogP) is 6.03. The van der Waals surface area contributed by atoms with Gasteiger partial charge in [0.25, 0.3) is 11.7 Å². The van der Waals surface area contributed by atoms with Gasteiger partial charge in [0.05, 0.1) is 30.9 Å². The van der Waals surface area contributed by atoms with Gasteiger partial charge in [0, 0.05) is 15.7 Å². The van der Waals surface area contributed by atoms with E-state index in [2.05, 4.69) is 0 Å². The summed E-state index contributed by atoms with van der Waals surface area (Å²) in [5.74, 6) is -1.06. The molecule has 0 saturated carbocycles. The van der Waals surface area contributed by atoms with Gasteiger partial charge in [0.1, 0.15) is 17.3 Å². The van der Waals surface area contributed by atoms with Gasteiger partial charge in [-0.15, -0.1) is 0 Å². The van der Waals surface area contributed by atoms with Crippen LogP contribution >= 0.6 is 23.2 Å². The van der Waals surface area contributed by atoms with Gasteiger partial charge in [-0.3, -0.25) is 14.5 Å². The van der Waals surface area contributed by atoms with Crippen LogP contribution in [0.5, 0.6) is 11.5 Å². The highest BCUT2D eigenvalue weighted by molar-refractivity contribution is 6.52. The highest BCUT2D eigenvalue weighted by atomic mass is 35.5. The molecule has 34 heavy (non-hydrogen) atoms. The van der Waals surface area contributed by atoms with Crippen LogP contribution in [0.3, 0.4) is 0 Å². The third-order valence-corrected chi connectivity index (χ3v) is 5.92. The molecule has 4 rings (SSSR count). The minimum atomic E-state index is -0.919. The number of halogens is 2. The van der Waals surface area contributed by atoms with Gasteiger partial charge in [0.15, 0.2) is 0 Å². The minimum Gasteiger partial charge on any atom is -0.507 e. The van der Waals surface area contributed by atoms with Gasteiger partial charge >= 0.3 is 0 Å². The Bertz CT molecular complexity index is 1290. The monoisotopic (exact) mass is 497 g/mol. The highest BCUT2D eigenvalue weighted by Crippen LogP contribution is 2.44. The molecule has 1 amide bonds. The highest BCUT2D eigenvalue weighted by Gasteiger charge is 2.47. The summed E-state index contributed by atoms with van der Waals surface area (Å²) in [7, 11) is 1.44. The Morgan fingerprint density at radius 3 is 2.35 bits per heavy atom. The van der Waals surface area contributed by atoms with Crippen molar-refractivity contribution >= 4 is 46.3 Å². The molecular formula is C26H21Cl2NO5. The summed E-state index contributed by atoms with van der Waals surface area (Å²) < 4.78 is 10.9. The lowest BCUT2D eigenvalue weighted by atomic mass is 9.94. The normalized spacial score (nSPS) is 17.2. The molecule has 3 aromatic carbocycles. The lowest BCUT2D eigenvalue weighted by Crippen LogP contribution is -2.29. The van der Waals surface area contributed by atoms with Crippen molar-refractivity contribution in [1.82, 2.24) is 0 Å². The molecule has 0 aromatic heterocycles. The van der Waals surface area contributed by atoms with Crippen LogP contribution in [-0.2, 0) is 9.59 Å². The van der Waals surface area contributed by atoms with E-state index >= 15 is 0 Å². The molecule has 1 aliphatic rings. The standard InChI is InChI=1S/C26H21Cl2NO5/c1-3-34-19-10-7-15(8-11-19)23-22(24(30)20-14-17(28)9-12-21(20)33-2)25(31)26(32)29(23)18-6-4-5-16(27)13-18/h4-14,23,30H,3H2,1-2H3/b24-22+. The third kappa shape index (κ3) is 4.34. The molecule has 0 bridgehead atoms. The van der Waals surface area contributed by atoms with Crippen LogP contribution in [-0.4, -0.2) is 30.5 Å². The molecule has 1 atom stereocenters. The molecule has 1 fully saturated rings. The van der Waals surface area contributed by atoms with Crippen LogP contribution in [0, 0.1) is 0 Å². The van der Waals surface area contributed by atoms with Gasteiger partial charge in [-0.05, 0) is 61.0 Å². The number of carbonyl (C=O) groups excluding carboxylic acids is 2. The van der Waals surface area contributed by atoms with E-state index in [0.29, 0.717) is 39.4 Å². The Morgan fingerprint density at radius 1 is 1.00 bits per heavy atom. The molecule has 174 valence electrons. The number of hydrogen-bond acceptors (Lipinski definition) is 5. The Morgan fingerprint density at radius 2 is 1.71 bits per heavy atom. The van der Waals surface area contributed by atoms with E-state index in [9.17, 15) is 14.7 Å². The Kier molecular flexibility index (Phi) is 6.82. The fourth-order valence-corrected chi connectivity index (χ4v) is 4.32. The summed E-state index contributed by atoms with van der Waals surface area (Å²) in [5.41, 5.74) is 1.14. The van der Waals surface area contributed by atoms with E-state index in [0.717, 1.165) is 0 Å². The largest absolute Gasteiger partial charge is 0.507 e. The number of aliphatic hydroxyl groups excluding tert-OH is 1. The molecule has 3 aromatic rings. The molecule has 6 nitrogen and oxygen atoms in total. The average molecular weight is 498 g/mol. The first-order valence-corrected chi connectivity index (χ1v) is 11.2. The number of carbonyl (C=O) groups is 2. The molecule has 0 spiro atoms. The lowest BCUT2D eigenvalue weighted by molar-refractivity contribution is -0.132.